The highest BCUT2D eigenvalue weighted by atomic mass is 16.5. The third-order valence-electron chi connectivity index (χ3n) is 3.55. The molecule has 1 aliphatic heterocycles. The number of rotatable bonds is 3. The Morgan fingerprint density at radius 2 is 1.80 bits per heavy atom. The van der Waals surface area contributed by atoms with Crippen LogP contribution in [-0.4, -0.2) is 38.5 Å². The largest absolute Gasteiger partial charge is 0.381 e. The third-order valence-corrected chi connectivity index (χ3v) is 3.55. The molecule has 2 rings (SSSR count). The van der Waals surface area contributed by atoms with Gasteiger partial charge in [0, 0.05) is 13.7 Å². The Morgan fingerprint density at radius 3 is 2.53 bits per heavy atom. The Hall–Kier alpha value is -0.120. The van der Waals surface area contributed by atoms with E-state index in [9.17, 15) is 0 Å². The monoisotopic (exact) mass is 213 g/mol. The van der Waals surface area contributed by atoms with Gasteiger partial charge in [-0.2, -0.15) is 0 Å². The van der Waals surface area contributed by atoms with Crippen LogP contribution in [0.25, 0.3) is 0 Å². The predicted molar refractivity (Wildman–Crippen MR) is 60.0 cm³/mol. The number of hydrogen-bond donors (Lipinski definition) is 1. The molecule has 0 aromatic carbocycles. The summed E-state index contributed by atoms with van der Waals surface area (Å²) in [7, 11) is 1.81. The first-order valence-corrected chi connectivity index (χ1v) is 6.27. The maximum Gasteiger partial charge on any atom is 0.0703 e. The van der Waals surface area contributed by atoms with Gasteiger partial charge in [-0.25, -0.2) is 0 Å². The van der Waals surface area contributed by atoms with Crippen LogP contribution in [-0.2, 0) is 9.47 Å². The first-order chi connectivity index (χ1) is 7.38. The predicted octanol–water partition coefficient (Wildman–Crippen LogP) is 1.71. The normalized spacial score (nSPS) is 37.8. The number of hydrogen-bond acceptors (Lipinski definition) is 3. The molecule has 0 spiro atoms. The van der Waals surface area contributed by atoms with E-state index < -0.39 is 0 Å². The van der Waals surface area contributed by atoms with Gasteiger partial charge in [-0.3, -0.25) is 0 Å². The lowest BCUT2D eigenvalue weighted by molar-refractivity contribution is -0.0704. The second kappa shape index (κ2) is 5.83. The molecule has 2 fully saturated rings. The Bertz CT molecular complexity index is 180. The fourth-order valence-electron chi connectivity index (χ4n) is 2.65. The van der Waals surface area contributed by atoms with Gasteiger partial charge in [0.1, 0.15) is 0 Å². The molecule has 2 aliphatic rings. The van der Waals surface area contributed by atoms with Crippen LogP contribution < -0.4 is 5.32 Å². The highest BCUT2D eigenvalue weighted by Gasteiger charge is 2.25. The van der Waals surface area contributed by atoms with Gasteiger partial charge >= 0.3 is 0 Å². The fraction of sp³-hybridized carbons (Fsp3) is 1.00. The van der Waals surface area contributed by atoms with Crippen molar-refractivity contribution in [1.29, 1.82) is 0 Å². The third kappa shape index (κ3) is 3.44. The molecular weight excluding hydrogens is 190 g/mol. The van der Waals surface area contributed by atoms with E-state index in [0.717, 1.165) is 19.5 Å². The maximum atomic E-state index is 6.12. The number of ether oxygens (including phenoxy) is 2. The zero-order valence-electron chi connectivity index (χ0n) is 9.71. The Kier molecular flexibility index (Phi) is 4.42. The van der Waals surface area contributed by atoms with Crippen molar-refractivity contribution in [2.75, 3.05) is 20.2 Å². The van der Waals surface area contributed by atoms with Crippen LogP contribution in [0.1, 0.15) is 38.5 Å². The van der Waals surface area contributed by atoms with Crippen molar-refractivity contribution in [3.05, 3.63) is 0 Å². The van der Waals surface area contributed by atoms with Crippen molar-refractivity contribution in [3.8, 4) is 0 Å². The molecule has 0 radical (unpaired) electrons. The van der Waals surface area contributed by atoms with Crippen molar-refractivity contribution >= 4 is 0 Å². The first-order valence-electron chi connectivity index (χ1n) is 6.27. The van der Waals surface area contributed by atoms with Gasteiger partial charge in [0.15, 0.2) is 0 Å². The van der Waals surface area contributed by atoms with Crippen LogP contribution in [0.4, 0.5) is 0 Å². The Labute approximate surface area is 92.5 Å². The van der Waals surface area contributed by atoms with Crippen LogP contribution in [0.2, 0.25) is 0 Å². The smallest absolute Gasteiger partial charge is 0.0703 e. The molecule has 0 bridgehead atoms. The molecule has 3 atom stereocenters. The second-order valence-electron chi connectivity index (χ2n) is 4.75. The van der Waals surface area contributed by atoms with E-state index in [-0.39, 0.29) is 0 Å². The lowest BCUT2D eigenvalue weighted by atomic mass is 9.94. The molecule has 0 aromatic rings. The molecule has 3 nitrogen and oxygen atoms in total. The van der Waals surface area contributed by atoms with Crippen LogP contribution in [0, 0.1) is 0 Å². The second-order valence-corrected chi connectivity index (χ2v) is 4.75. The summed E-state index contributed by atoms with van der Waals surface area (Å²) in [6.07, 6.45) is 8.56. The molecule has 3 heteroatoms. The number of methoxy groups -OCH3 is 1. The SMILES string of the molecule is CO[C@@H]1CCC[C@@H](O[C@@H]2CCCNC2)C1. The average molecular weight is 213 g/mol. The van der Waals surface area contributed by atoms with E-state index in [0.29, 0.717) is 18.3 Å². The van der Waals surface area contributed by atoms with Crippen molar-refractivity contribution in [2.24, 2.45) is 0 Å². The average Bonchev–Trinajstić information content (AvgIpc) is 2.31. The van der Waals surface area contributed by atoms with Crippen LogP contribution in [0.3, 0.4) is 0 Å². The first kappa shape index (κ1) is 11.4. The minimum Gasteiger partial charge on any atom is -0.381 e. The summed E-state index contributed by atoms with van der Waals surface area (Å²) in [6.45, 7) is 2.19. The van der Waals surface area contributed by atoms with Crippen LogP contribution >= 0.6 is 0 Å². The van der Waals surface area contributed by atoms with Gasteiger partial charge in [0.25, 0.3) is 0 Å². The minimum absolute atomic E-state index is 0.431. The fourth-order valence-corrected chi connectivity index (χ4v) is 2.65. The van der Waals surface area contributed by atoms with Gasteiger partial charge in [0.05, 0.1) is 18.3 Å². The maximum absolute atomic E-state index is 6.12. The number of piperidine rings is 1. The topological polar surface area (TPSA) is 30.5 Å². The Balaban J connectivity index is 1.72. The summed E-state index contributed by atoms with van der Waals surface area (Å²) < 4.78 is 11.5. The molecule has 1 heterocycles. The zero-order chi connectivity index (χ0) is 10.5. The highest BCUT2D eigenvalue weighted by molar-refractivity contribution is 4.77. The molecule has 15 heavy (non-hydrogen) atoms. The quantitative estimate of drug-likeness (QED) is 0.774. The van der Waals surface area contributed by atoms with Crippen molar-refractivity contribution in [1.82, 2.24) is 5.32 Å². The Morgan fingerprint density at radius 1 is 1.00 bits per heavy atom. The van der Waals surface area contributed by atoms with Gasteiger partial charge in [-0.1, -0.05) is 0 Å². The summed E-state index contributed by atoms with van der Waals surface area (Å²) in [5.74, 6) is 0. The zero-order valence-corrected chi connectivity index (χ0v) is 9.71. The summed E-state index contributed by atoms with van der Waals surface area (Å²) >= 11 is 0. The minimum atomic E-state index is 0.431. The van der Waals surface area contributed by atoms with Crippen LogP contribution in [0.15, 0.2) is 0 Å². The van der Waals surface area contributed by atoms with Crippen LogP contribution in [0.5, 0.6) is 0 Å². The van der Waals surface area contributed by atoms with E-state index in [2.05, 4.69) is 5.32 Å². The molecule has 1 aliphatic carbocycles. The van der Waals surface area contributed by atoms with E-state index in [1.54, 1.807) is 0 Å². The molecule has 0 unspecified atom stereocenters. The van der Waals surface area contributed by atoms with Crippen molar-refractivity contribution in [2.45, 2.75) is 56.8 Å². The van der Waals surface area contributed by atoms with Gasteiger partial charge < -0.3 is 14.8 Å². The number of nitrogens with one attached hydrogen (secondary N) is 1. The molecule has 88 valence electrons. The summed E-state index contributed by atoms with van der Waals surface area (Å²) in [5, 5.41) is 3.39. The highest BCUT2D eigenvalue weighted by Crippen LogP contribution is 2.25. The van der Waals surface area contributed by atoms with Gasteiger partial charge in [0.2, 0.25) is 0 Å². The van der Waals surface area contributed by atoms with E-state index in [4.69, 9.17) is 9.47 Å². The summed E-state index contributed by atoms with van der Waals surface area (Å²) in [6, 6.07) is 0. The lowest BCUT2D eigenvalue weighted by Crippen LogP contribution is -2.39. The lowest BCUT2D eigenvalue weighted by Gasteiger charge is -2.33. The molecular formula is C12H23NO2. The summed E-state index contributed by atoms with van der Waals surface area (Å²) in [4.78, 5) is 0. The van der Waals surface area contributed by atoms with Gasteiger partial charge in [-0.15, -0.1) is 0 Å². The van der Waals surface area contributed by atoms with E-state index >= 15 is 0 Å². The standard InChI is InChI=1S/C12H23NO2/c1-14-10-4-2-5-11(8-10)15-12-6-3-7-13-9-12/h10-13H,2-9H2,1H3/t10-,11-,12-/m1/s1. The molecule has 0 aromatic heterocycles. The molecule has 0 amide bonds. The molecule has 1 saturated carbocycles. The van der Waals surface area contributed by atoms with E-state index in [1.807, 2.05) is 7.11 Å². The molecule has 1 saturated heterocycles. The van der Waals surface area contributed by atoms with Crippen molar-refractivity contribution in [3.63, 3.8) is 0 Å². The van der Waals surface area contributed by atoms with Gasteiger partial charge in [-0.05, 0) is 45.1 Å². The van der Waals surface area contributed by atoms with Crippen molar-refractivity contribution < 1.29 is 9.47 Å². The molecule has 1 N–H and O–H groups in total. The van der Waals surface area contributed by atoms with E-state index in [1.165, 1.54) is 32.1 Å². The summed E-state index contributed by atoms with van der Waals surface area (Å²) in [5.41, 5.74) is 0.